The summed E-state index contributed by atoms with van der Waals surface area (Å²) in [5.74, 6) is -0.798. The summed E-state index contributed by atoms with van der Waals surface area (Å²) in [5, 5.41) is 2.69. The lowest BCUT2D eigenvalue weighted by molar-refractivity contribution is -0.138. The van der Waals surface area contributed by atoms with Crippen LogP contribution in [0.1, 0.15) is 35.2 Å². The Labute approximate surface area is 175 Å². The molecule has 0 aromatic heterocycles. The molecule has 30 heavy (non-hydrogen) atoms. The Hall–Kier alpha value is -3.04. The van der Waals surface area contributed by atoms with Crippen molar-refractivity contribution in [2.24, 2.45) is 0 Å². The Kier molecular flexibility index (Phi) is 6.96. The second kappa shape index (κ2) is 9.64. The van der Waals surface area contributed by atoms with E-state index in [4.69, 9.17) is 0 Å². The predicted octanol–water partition coefficient (Wildman–Crippen LogP) is 1.43. The second-order valence-electron chi connectivity index (χ2n) is 6.89. The number of nitrogens with zero attached hydrogens (tertiary/aromatic N) is 1. The van der Waals surface area contributed by atoms with Gasteiger partial charge >= 0.3 is 0 Å². The van der Waals surface area contributed by atoms with Crippen LogP contribution in [0.4, 0.5) is 0 Å². The maximum absolute atomic E-state index is 12.5. The van der Waals surface area contributed by atoms with Gasteiger partial charge in [-0.1, -0.05) is 36.4 Å². The summed E-state index contributed by atoms with van der Waals surface area (Å²) in [6, 6.07) is 14.9. The van der Waals surface area contributed by atoms with Crippen LogP contribution in [-0.2, 0) is 26.2 Å². The monoisotopic (exact) mass is 429 g/mol. The summed E-state index contributed by atoms with van der Waals surface area (Å²) in [4.78, 5) is 36.7. The molecule has 2 N–H and O–H groups in total. The van der Waals surface area contributed by atoms with Crippen LogP contribution in [0.3, 0.4) is 0 Å². The number of sulfonamides is 1. The minimum atomic E-state index is -3.77. The Balaban J connectivity index is 1.54. The van der Waals surface area contributed by atoms with Crippen molar-refractivity contribution >= 4 is 27.7 Å². The molecule has 1 fully saturated rings. The highest BCUT2D eigenvalue weighted by molar-refractivity contribution is 7.89. The van der Waals surface area contributed by atoms with E-state index in [0.717, 1.165) is 5.56 Å². The lowest BCUT2D eigenvalue weighted by Gasteiger charge is -2.13. The summed E-state index contributed by atoms with van der Waals surface area (Å²) in [6.07, 6.45) is 0.912. The normalized spacial score (nSPS) is 14.2. The number of carbonyl (C=O) groups excluding carboxylic acids is 3. The first-order valence-electron chi connectivity index (χ1n) is 9.62. The largest absolute Gasteiger partial charge is 0.352 e. The molecule has 3 amide bonds. The SMILES string of the molecule is O=C(NCCCN1C(=O)CCC1=O)c1cccc(S(=O)(=O)NCc2ccccc2)c1. The van der Waals surface area contributed by atoms with Gasteiger partial charge in [-0.15, -0.1) is 0 Å². The van der Waals surface area contributed by atoms with Gasteiger partial charge in [0.15, 0.2) is 0 Å². The lowest BCUT2D eigenvalue weighted by Crippen LogP contribution is -2.33. The molecule has 0 bridgehead atoms. The number of likely N-dealkylation sites (tertiary alicyclic amines) is 1. The van der Waals surface area contributed by atoms with E-state index in [1.54, 1.807) is 0 Å². The van der Waals surface area contributed by atoms with E-state index >= 15 is 0 Å². The van der Waals surface area contributed by atoms with Crippen LogP contribution in [0.5, 0.6) is 0 Å². The third kappa shape index (κ3) is 5.52. The van der Waals surface area contributed by atoms with Crippen LogP contribution >= 0.6 is 0 Å². The van der Waals surface area contributed by atoms with Crippen molar-refractivity contribution in [2.45, 2.75) is 30.7 Å². The first-order valence-corrected chi connectivity index (χ1v) is 11.1. The number of imide groups is 1. The molecule has 0 atom stereocenters. The van der Waals surface area contributed by atoms with E-state index in [9.17, 15) is 22.8 Å². The molecule has 8 nitrogen and oxygen atoms in total. The number of rotatable bonds is 9. The summed E-state index contributed by atoms with van der Waals surface area (Å²) in [6.45, 7) is 0.669. The second-order valence-corrected chi connectivity index (χ2v) is 8.65. The maximum Gasteiger partial charge on any atom is 0.251 e. The Morgan fingerprint density at radius 2 is 1.67 bits per heavy atom. The Morgan fingerprint density at radius 1 is 0.967 bits per heavy atom. The molecular formula is C21H23N3O5S. The average molecular weight is 429 g/mol. The van der Waals surface area contributed by atoms with Gasteiger partial charge in [-0.3, -0.25) is 19.3 Å². The van der Waals surface area contributed by atoms with Crippen molar-refractivity contribution in [3.63, 3.8) is 0 Å². The van der Waals surface area contributed by atoms with E-state index in [-0.39, 0.29) is 54.7 Å². The zero-order chi connectivity index (χ0) is 21.6. The van der Waals surface area contributed by atoms with Crippen LogP contribution in [0.2, 0.25) is 0 Å². The van der Waals surface area contributed by atoms with Crippen molar-refractivity contribution in [1.82, 2.24) is 14.9 Å². The predicted molar refractivity (Wildman–Crippen MR) is 110 cm³/mol. The molecule has 0 aliphatic carbocycles. The van der Waals surface area contributed by atoms with Gasteiger partial charge in [-0.2, -0.15) is 0 Å². The topological polar surface area (TPSA) is 113 Å². The van der Waals surface area contributed by atoms with E-state index < -0.39 is 15.9 Å². The highest BCUT2D eigenvalue weighted by Crippen LogP contribution is 2.13. The van der Waals surface area contributed by atoms with Gasteiger partial charge in [0, 0.05) is 38.0 Å². The van der Waals surface area contributed by atoms with E-state index in [0.29, 0.717) is 6.42 Å². The van der Waals surface area contributed by atoms with Gasteiger partial charge in [0.2, 0.25) is 21.8 Å². The molecule has 1 saturated heterocycles. The highest BCUT2D eigenvalue weighted by Gasteiger charge is 2.28. The molecule has 0 saturated carbocycles. The number of hydrogen-bond donors (Lipinski definition) is 2. The molecule has 2 aromatic carbocycles. The Morgan fingerprint density at radius 3 is 2.37 bits per heavy atom. The molecule has 3 rings (SSSR count). The van der Waals surface area contributed by atoms with Crippen molar-refractivity contribution in [3.05, 3.63) is 65.7 Å². The summed E-state index contributed by atoms with van der Waals surface area (Å²) >= 11 is 0. The molecular weight excluding hydrogens is 406 g/mol. The van der Waals surface area contributed by atoms with E-state index in [1.807, 2.05) is 30.3 Å². The molecule has 0 radical (unpaired) electrons. The van der Waals surface area contributed by atoms with Crippen LogP contribution in [0.25, 0.3) is 0 Å². The Bertz CT molecular complexity index is 1020. The molecule has 0 unspecified atom stereocenters. The fourth-order valence-corrected chi connectivity index (χ4v) is 4.14. The van der Waals surface area contributed by atoms with Gasteiger partial charge < -0.3 is 5.32 Å². The van der Waals surface area contributed by atoms with Crippen LogP contribution in [0.15, 0.2) is 59.5 Å². The van der Waals surface area contributed by atoms with Gasteiger partial charge in [0.05, 0.1) is 4.90 Å². The van der Waals surface area contributed by atoms with E-state index in [2.05, 4.69) is 10.0 Å². The number of carbonyl (C=O) groups is 3. The van der Waals surface area contributed by atoms with Gasteiger partial charge in [-0.25, -0.2) is 13.1 Å². The zero-order valence-electron chi connectivity index (χ0n) is 16.3. The fourth-order valence-electron chi connectivity index (χ4n) is 3.08. The molecule has 2 aromatic rings. The number of benzene rings is 2. The van der Waals surface area contributed by atoms with E-state index in [1.165, 1.54) is 29.2 Å². The summed E-state index contributed by atoms with van der Waals surface area (Å²) in [7, 11) is -3.77. The average Bonchev–Trinajstić information content (AvgIpc) is 3.08. The van der Waals surface area contributed by atoms with Gasteiger partial charge in [0.25, 0.3) is 5.91 Å². The van der Waals surface area contributed by atoms with Gasteiger partial charge in [0.1, 0.15) is 0 Å². The van der Waals surface area contributed by atoms with Gasteiger partial charge in [-0.05, 0) is 30.2 Å². The first-order chi connectivity index (χ1) is 14.4. The highest BCUT2D eigenvalue weighted by atomic mass is 32.2. The number of amides is 3. The molecule has 1 heterocycles. The van der Waals surface area contributed by atoms with Crippen LogP contribution in [0, 0.1) is 0 Å². The van der Waals surface area contributed by atoms with Crippen molar-refractivity contribution < 1.29 is 22.8 Å². The maximum atomic E-state index is 12.5. The third-order valence-electron chi connectivity index (χ3n) is 4.71. The zero-order valence-corrected chi connectivity index (χ0v) is 17.2. The van der Waals surface area contributed by atoms with Crippen LogP contribution in [-0.4, -0.2) is 44.1 Å². The number of hydrogen-bond acceptors (Lipinski definition) is 5. The number of nitrogens with one attached hydrogen (secondary N) is 2. The smallest absolute Gasteiger partial charge is 0.251 e. The van der Waals surface area contributed by atoms with Crippen molar-refractivity contribution in [3.8, 4) is 0 Å². The quantitative estimate of drug-likeness (QED) is 0.463. The van der Waals surface area contributed by atoms with Crippen molar-refractivity contribution in [1.29, 1.82) is 0 Å². The lowest BCUT2D eigenvalue weighted by atomic mass is 10.2. The van der Waals surface area contributed by atoms with Crippen molar-refractivity contribution in [2.75, 3.05) is 13.1 Å². The molecule has 1 aliphatic rings. The fraction of sp³-hybridized carbons (Fsp3) is 0.286. The standard InChI is InChI=1S/C21H23N3O5S/c25-19-10-11-20(26)24(19)13-5-12-22-21(27)17-8-4-9-18(14-17)30(28,29)23-15-16-6-2-1-3-7-16/h1-4,6-9,14,23H,5,10-13,15H2,(H,22,27). The molecule has 1 aliphatic heterocycles. The first kappa shape index (κ1) is 21.7. The minimum Gasteiger partial charge on any atom is -0.352 e. The van der Waals surface area contributed by atoms with Crippen LogP contribution < -0.4 is 10.0 Å². The molecule has 0 spiro atoms. The summed E-state index contributed by atoms with van der Waals surface area (Å²) < 4.78 is 27.6. The molecule has 9 heteroatoms. The molecule has 158 valence electrons. The third-order valence-corrected chi connectivity index (χ3v) is 6.11. The summed E-state index contributed by atoms with van der Waals surface area (Å²) in [5.41, 5.74) is 1.04. The minimum absolute atomic E-state index is 0.000610.